The Bertz CT molecular complexity index is 1260. The first-order chi connectivity index (χ1) is 12.7. The minimum absolute atomic E-state index is 0.170. The normalized spacial score (nSPS) is 15.7. The molecule has 1 aliphatic heterocycles. The molecule has 0 atom stereocenters. The molecule has 0 fully saturated rings. The molecule has 2 aromatic heterocycles. The first-order valence-electron chi connectivity index (χ1n) is 8.06. The summed E-state index contributed by atoms with van der Waals surface area (Å²) in [5.74, 6) is -0.170. The molecule has 4 aromatic rings. The van der Waals surface area contributed by atoms with Crippen molar-refractivity contribution in [2.45, 2.75) is 6.54 Å². The fourth-order valence-corrected chi connectivity index (χ4v) is 4.22. The van der Waals surface area contributed by atoms with Gasteiger partial charge >= 0.3 is 0 Å². The zero-order chi connectivity index (χ0) is 17.7. The molecule has 6 nitrogen and oxygen atoms in total. The van der Waals surface area contributed by atoms with Crippen LogP contribution in [0.1, 0.15) is 11.1 Å². The van der Waals surface area contributed by atoms with Crippen molar-refractivity contribution in [1.82, 2.24) is 14.6 Å². The molecule has 1 amide bonds. The standard InChI is InChI=1S/C19H12N4O2S/c24-17-15(16-18(25)23-19(26-16)20-11-21-23)13-8-4-5-9-14(13)22(17)10-12-6-2-1-3-7-12/h1-9,11H,10H2. The summed E-state index contributed by atoms with van der Waals surface area (Å²) in [6.07, 6.45) is 1.34. The topological polar surface area (TPSA) is 67.6 Å². The van der Waals surface area contributed by atoms with Crippen LogP contribution in [-0.2, 0) is 11.3 Å². The third-order valence-electron chi connectivity index (χ3n) is 4.43. The molecule has 0 aliphatic carbocycles. The van der Waals surface area contributed by atoms with E-state index in [1.807, 2.05) is 54.6 Å². The highest BCUT2D eigenvalue weighted by Crippen LogP contribution is 2.36. The number of hydrogen-bond acceptors (Lipinski definition) is 5. The number of nitrogens with zero attached hydrogens (tertiary/aromatic N) is 4. The second-order valence-electron chi connectivity index (χ2n) is 5.96. The second-order valence-corrected chi connectivity index (χ2v) is 6.94. The third-order valence-corrected chi connectivity index (χ3v) is 5.47. The van der Waals surface area contributed by atoms with Crippen molar-refractivity contribution in [3.63, 3.8) is 0 Å². The summed E-state index contributed by atoms with van der Waals surface area (Å²) in [6.45, 7) is 0.454. The maximum atomic E-state index is 13.2. The molecule has 1 aliphatic rings. The lowest BCUT2D eigenvalue weighted by Gasteiger charge is -2.17. The Hall–Kier alpha value is -3.32. The summed E-state index contributed by atoms with van der Waals surface area (Å²) in [6, 6.07) is 17.4. The van der Waals surface area contributed by atoms with Crippen molar-refractivity contribution in [3.05, 3.63) is 86.9 Å². The van der Waals surface area contributed by atoms with Gasteiger partial charge < -0.3 is 4.90 Å². The molecule has 7 heteroatoms. The minimum Gasteiger partial charge on any atom is -0.303 e. The van der Waals surface area contributed by atoms with Gasteiger partial charge in [-0.1, -0.05) is 59.9 Å². The number of hydrogen-bond donors (Lipinski definition) is 0. The number of aromatic nitrogens is 3. The van der Waals surface area contributed by atoms with Crippen LogP contribution in [0.15, 0.2) is 65.7 Å². The van der Waals surface area contributed by atoms with Crippen LogP contribution < -0.4 is 15.0 Å². The highest BCUT2D eigenvalue weighted by atomic mass is 32.1. The molecular weight excluding hydrogens is 348 g/mol. The molecule has 0 N–H and O–H groups in total. The molecule has 5 rings (SSSR count). The summed E-state index contributed by atoms with van der Waals surface area (Å²) in [7, 11) is 0. The Morgan fingerprint density at radius 2 is 1.73 bits per heavy atom. The van der Waals surface area contributed by atoms with E-state index in [0.717, 1.165) is 16.8 Å². The number of fused-ring (bicyclic) bond motifs is 2. The quantitative estimate of drug-likeness (QED) is 0.545. The van der Waals surface area contributed by atoms with Gasteiger partial charge in [-0.2, -0.15) is 9.61 Å². The maximum Gasteiger partial charge on any atom is 0.291 e. The Morgan fingerprint density at radius 3 is 2.54 bits per heavy atom. The molecule has 2 aromatic carbocycles. The highest BCUT2D eigenvalue weighted by Gasteiger charge is 2.34. The van der Waals surface area contributed by atoms with E-state index in [0.29, 0.717) is 21.6 Å². The van der Waals surface area contributed by atoms with Gasteiger partial charge in [-0.25, -0.2) is 4.98 Å². The number of carbonyl (C=O) groups excluding carboxylic acids is 1. The van der Waals surface area contributed by atoms with Crippen LogP contribution >= 0.6 is 11.3 Å². The first kappa shape index (κ1) is 15.0. The number of benzene rings is 2. The van der Waals surface area contributed by atoms with Crippen molar-refractivity contribution in [2.24, 2.45) is 0 Å². The number of para-hydroxylation sites is 1. The number of carbonyl (C=O) groups is 1. The molecule has 0 radical (unpaired) electrons. The fourth-order valence-electron chi connectivity index (χ4n) is 3.25. The lowest BCUT2D eigenvalue weighted by atomic mass is 10.1. The fraction of sp³-hybridized carbons (Fsp3) is 0.0526. The lowest BCUT2D eigenvalue weighted by Crippen LogP contribution is -2.32. The summed E-state index contributed by atoms with van der Waals surface area (Å²) in [5, 5.41) is 3.94. The summed E-state index contributed by atoms with van der Waals surface area (Å²) >= 11 is 1.20. The van der Waals surface area contributed by atoms with E-state index >= 15 is 0 Å². The molecular formula is C19H12N4O2S. The molecule has 3 heterocycles. The first-order valence-corrected chi connectivity index (χ1v) is 8.88. The van der Waals surface area contributed by atoms with Gasteiger partial charge in [-0.15, -0.1) is 0 Å². The third kappa shape index (κ3) is 2.11. The zero-order valence-corrected chi connectivity index (χ0v) is 14.3. The Morgan fingerprint density at radius 1 is 0.962 bits per heavy atom. The molecule has 0 spiro atoms. The second kappa shape index (κ2) is 5.60. The van der Waals surface area contributed by atoms with Gasteiger partial charge in [0, 0.05) is 5.56 Å². The highest BCUT2D eigenvalue weighted by molar-refractivity contribution is 7.15. The predicted octanol–water partition coefficient (Wildman–Crippen LogP) is 1.62. The van der Waals surface area contributed by atoms with E-state index in [2.05, 4.69) is 10.1 Å². The largest absolute Gasteiger partial charge is 0.303 e. The summed E-state index contributed by atoms with van der Waals surface area (Å²) in [5.41, 5.74) is 2.74. The Kier molecular flexibility index (Phi) is 3.23. The van der Waals surface area contributed by atoms with Gasteiger partial charge in [0.05, 0.1) is 17.8 Å². The number of thiazole rings is 1. The zero-order valence-electron chi connectivity index (χ0n) is 13.5. The Labute approximate surface area is 151 Å². The van der Waals surface area contributed by atoms with Crippen molar-refractivity contribution in [3.8, 4) is 0 Å². The number of rotatable bonds is 2. The van der Waals surface area contributed by atoms with E-state index < -0.39 is 0 Å². The van der Waals surface area contributed by atoms with E-state index in [4.69, 9.17) is 0 Å². The average molecular weight is 360 g/mol. The van der Waals surface area contributed by atoms with Gasteiger partial charge in [-0.05, 0) is 11.6 Å². The smallest absolute Gasteiger partial charge is 0.291 e. The monoisotopic (exact) mass is 360 g/mol. The molecule has 126 valence electrons. The predicted molar refractivity (Wildman–Crippen MR) is 98.9 cm³/mol. The van der Waals surface area contributed by atoms with Crippen molar-refractivity contribution in [2.75, 3.05) is 4.90 Å². The molecule has 0 unspecified atom stereocenters. The lowest BCUT2D eigenvalue weighted by molar-refractivity contribution is -0.113. The van der Waals surface area contributed by atoms with E-state index in [9.17, 15) is 9.59 Å². The SMILES string of the molecule is O=C1C(=c2sc3ncnn3c2=O)c2ccccc2N1Cc1ccccc1. The average Bonchev–Trinajstić information content (AvgIpc) is 3.32. The van der Waals surface area contributed by atoms with Gasteiger partial charge in [-0.3, -0.25) is 9.59 Å². The summed E-state index contributed by atoms with van der Waals surface area (Å²) < 4.78 is 1.62. The van der Waals surface area contributed by atoms with Crippen LogP contribution in [-0.4, -0.2) is 20.5 Å². The minimum atomic E-state index is -0.304. The van der Waals surface area contributed by atoms with Crippen LogP contribution in [0.2, 0.25) is 0 Å². The van der Waals surface area contributed by atoms with Crippen LogP contribution in [0.25, 0.3) is 10.5 Å². The van der Waals surface area contributed by atoms with Gasteiger partial charge in [0.15, 0.2) is 0 Å². The van der Waals surface area contributed by atoms with E-state index in [1.165, 1.54) is 22.2 Å². The molecule has 0 saturated carbocycles. The number of anilines is 1. The molecule has 26 heavy (non-hydrogen) atoms. The molecule has 0 bridgehead atoms. The van der Waals surface area contributed by atoms with Crippen LogP contribution in [0.4, 0.5) is 5.69 Å². The van der Waals surface area contributed by atoms with Crippen LogP contribution in [0.5, 0.6) is 0 Å². The van der Waals surface area contributed by atoms with Gasteiger partial charge in [0.1, 0.15) is 10.9 Å². The van der Waals surface area contributed by atoms with Crippen molar-refractivity contribution < 1.29 is 4.79 Å². The van der Waals surface area contributed by atoms with Crippen molar-refractivity contribution >= 4 is 33.5 Å². The number of amides is 1. The van der Waals surface area contributed by atoms with Crippen LogP contribution in [0.3, 0.4) is 0 Å². The van der Waals surface area contributed by atoms with Gasteiger partial charge in [0.25, 0.3) is 11.5 Å². The Balaban J connectivity index is 1.74. The van der Waals surface area contributed by atoms with E-state index in [1.54, 1.807) is 4.90 Å². The van der Waals surface area contributed by atoms with E-state index in [-0.39, 0.29) is 11.5 Å². The summed E-state index contributed by atoms with van der Waals surface area (Å²) in [4.78, 5) is 32.2. The van der Waals surface area contributed by atoms with Gasteiger partial charge in [0.2, 0.25) is 4.96 Å². The maximum absolute atomic E-state index is 13.2. The van der Waals surface area contributed by atoms with Crippen molar-refractivity contribution in [1.29, 1.82) is 0 Å². The molecule has 0 saturated heterocycles. The van der Waals surface area contributed by atoms with Crippen LogP contribution in [0, 0.1) is 0 Å².